The molecule has 0 aliphatic carbocycles. The molecular weight excluding hydrogens is 471 g/mol. The topological polar surface area (TPSA) is 96.0 Å². The van der Waals surface area contributed by atoms with Crippen molar-refractivity contribution in [2.24, 2.45) is 0 Å². The third-order valence-electron chi connectivity index (χ3n) is 6.45. The van der Waals surface area contributed by atoms with Crippen LogP contribution in [0.25, 0.3) is 22.6 Å². The molecule has 1 amide bonds. The summed E-state index contributed by atoms with van der Waals surface area (Å²) in [6.07, 6.45) is 4.40. The molecule has 5 rings (SSSR count). The fraction of sp³-hybridized carbons (Fsp3) is 0.286. The molecule has 1 saturated heterocycles. The van der Waals surface area contributed by atoms with Gasteiger partial charge in [-0.2, -0.15) is 4.98 Å². The molecule has 1 fully saturated rings. The first kappa shape index (κ1) is 24.6. The van der Waals surface area contributed by atoms with E-state index in [1.807, 2.05) is 26.0 Å². The van der Waals surface area contributed by atoms with Crippen molar-refractivity contribution in [3.8, 4) is 34.4 Å². The maximum Gasteiger partial charge on any atom is 0.322 e. The van der Waals surface area contributed by atoms with Crippen LogP contribution in [0, 0.1) is 5.82 Å². The Balaban J connectivity index is 1.49. The highest BCUT2D eigenvalue weighted by Gasteiger charge is 2.23. The molecule has 3 heterocycles. The molecule has 0 atom stereocenters. The van der Waals surface area contributed by atoms with Gasteiger partial charge in [0.15, 0.2) is 0 Å². The van der Waals surface area contributed by atoms with Gasteiger partial charge in [0.2, 0.25) is 6.41 Å². The molecule has 37 heavy (non-hydrogen) atoms. The summed E-state index contributed by atoms with van der Waals surface area (Å²) < 4.78 is 19.6. The van der Waals surface area contributed by atoms with E-state index < -0.39 is 0 Å². The smallest absolute Gasteiger partial charge is 0.322 e. The number of nitrogens with one attached hydrogen (secondary N) is 2. The molecule has 0 saturated carbocycles. The van der Waals surface area contributed by atoms with Crippen molar-refractivity contribution in [3.63, 3.8) is 0 Å². The average molecular weight is 501 g/mol. The summed E-state index contributed by atoms with van der Waals surface area (Å²) in [4.78, 5) is 30.5. The van der Waals surface area contributed by atoms with Gasteiger partial charge in [-0.25, -0.2) is 14.4 Å². The number of piperidine rings is 1. The lowest BCUT2D eigenvalue weighted by molar-refractivity contribution is -0.107. The van der Waals surface area contributed by atoms with Crippen molar-refractivity contribution in [1.29, 1.82) is 0 Å². The molecule has 190 valence electrons. The largest absolute Gasteiger partial charge is 0.424 e. The van der Waals surface area contributed by atoms with E-state index in [4.69, 9.17) is 9.72 Å². The number of rotatable bonds is 8. The third kappa shape index (κ3) is 5.51. The van der Waals surface area contributed by atoms with Crippen LogP contribution in [0.4, 0.5) is 10.1 Å². The average Bonchev–Trinajstić information content (AvgIpc) is 3.36. The number of H-pyrrole nitrogens is 1. The second-order valence-corrected chi connectivity index (χ2v) is 9.31. The van der Waals surface area contributed by atoms with Crippen LogP contribution in [0.5, 0.6) is 11.8 Å². The number of halogens is 1. The van der Waals surface area contributed by atoms with Crippen LogP contribution in [-0.4, -0.2) is 45.5 Å². The molecule has 2 aromatic heterocycles. The van der Waals surface area contributed by atoms with Gasteiger partial charge in [-0.05, 0) is 82.2 Å². The Kier molecular flexibility index (Phi) is 7.23. The van der Waals surface area contributed by atoms with Crippen LogP contribution in [-0.2, 0) is 4.79 Å². The predicted octanol–water partition coefficient (Wildman–Crippen LogP) is 5.30. The van der Waals surface area contributed by atoms with E-state index in [0.29, 0.717) is 23.1 Å². The lowest BCUT2D eigenvalue weighted by Gasteiger charge is -2.22. The zero-order valence-electron chi connectivity index (χ0n) is 20.8. The van der Waals surface area contributed by atoms with Gasteiger partial charge < -0.3 is 19.9 Å². The Bertz CT molecular complexity index is 1370. The summed E-state index contributed by atoms with van der Waals surface area (Å²) in [6.45, 7) is 5.76. The van der Waals surface area contributed by atoms with Crippen LogP contribution in [0.1, 0.15) is 38.4 Å². The maximum absolute atomic E-state index is 13.6. The van der Waals surface area contributed by atoms with E-state index in [-0.39, 0.29) is 17.9 Å². The molecule has 8 nitrogen and oxygen atoms in total. The quantitative estimate of drug-likeness (QED) is 0.319. The van der Waals surface area contributed by atoms with Crippen molar-refractivity contribution < 1.29 is 13.9 Å². The summed E-state index contributed by atoms with van der Waals surface area (Å²) in [6, 6.07) is 15.5. The van der Waals surface area contributed by atoms with E-state index in [9.17, 15) is 9.18 Å². The van der Waals surface area contributed by atoms with Crippen molar-refractivity contribution in [1.82, 2.24) is 25.3 Å². The van der Waals surface area contributed by atoms with Gasteiger partial charge in [0.1, 0.15) is 17.4 Å². The zero-order valence-corrected chi connectivity index (χ0v) is 20.8. The number of amides is 1. The highest BCUT2D eigenvalue weighted by molar-refractivity contribution is 5.77. The highest BCUT2D eigenvalue weighted by Crippen LogP contribution is 2.34. The standard InChI is InChI=1S/C28H29FN6O2/c1-18(2)35(17-36)22-4-3-5-23(16-22)37-28-31-15-12-24(32-28)26-25(19-6-8-21(29)9-7-19)33-27(34-26)20-10-13-30-14-11-20/h3-9,12,15-18,20,30H,10-11,13-14H2,1-2H3,(H,33,34). The second kappa shape index (κ2) is 10.9. The van der Waals surface area contributed by atoms with Crippen LogP contribution < -0.4 is 15.0 Å². The van der Waals surface area contributed by atoms with E-state index in [2.05, 4.69) is 20.3 Å². The Morgan fingerprint density at radius 3 is 2.59 bits per heavy atom. The van der Waals surface area contributed by atoms with Crippen LogP contribution in [0.2, 0.25) is 0 Å². The number of imidazole rings is 1. The fourth-order valence-electron chi connectivity index (χ4n) is 4.51. The molecule has 2 N–H and O–H groups in total. The minimum absolute atomic E-state index is 0.00623. The van der Waals surface area contributed by atoms with Gasteiger partial charge in [-0.1, -0.05) is 6.07 Å². The minimum Gasteiger partial charge on any atom is -0.424 e. The van der Waals surface area contributed by atoms with Gasteiger partial charge in [0.05, 0.1) is 17.1 Å². The summed E-state index contributed by atoms with van der Waals surface area (Å²) in [5, 5.41) is 3.38. The molecule has 1 aliphatic rings. The lowest BCUT2D eigenvalue weighted by Crippen LogP contribution is -2.28. The van der Waals surface area contributed by atoms with Crippen molar-refractivity contribution in [3.05, 3.63) is 72.4 Å². The summed E-state index contributed by atoms with van der Waals surface area (Å²) in [7, 11) is 0. The molecule has 0 radical (unpaired) electrons. The minimum atomic E-state index is -0.301. The number of ether oxygens (including phenoxy) is 1. The fourth-order valence-corrected chi connectivity index (χ4v) is 4.51. The Labute approximate surface area is 214 Å². The van der Waals surface area contributed by atoms with Crippen molar-refractivity contribution in [2.75, 3.05) is 18.0 Å². The second-order valence-electron chi connectivity index (χ2n) is 9.31. The van der Waals surface area contributed by atoms with E-state index in [1.54, 1.807) is 41.4 Å². The van der Waals surface area contributed by atoms with Gasteiger partial charge in [0, 0.05) is 35.5 Å². The molecule has 0 spiro atoms. The molecule has 1 aliphatic heterocycles. The molecular formula is C28H29FN6O2. The number of anilines is 1. The predicted molar refractivity (Wildman–Crippen MR) is 140 cm³/mol. The highest BCUT2D eigenvalue weighted by atomic mass is 19.1. The van der Waals surface area contributed by atoms with E-state index >= 15 is 0 Å². The molecule has 2 aromatic carbocycles. The number of carbonyl (C=O) groups is 1. The molecule has 0 bridgehead atoms. The first-order valence-electron chi connectivity index (χ1n) is 12.4. The number of nitrogens with zero attached hydrogens (tertiary/aromatic N) is 4. The van der Waals surface area contributed by atoms with Gasteiger partial charge in [0.25, 0.3) is 0 Å². The Morgan fingerprint density at radius 2 is 1.86 bits per heavy atom. The SMILES string of the molecule is CC(C)N(C=O)c1cccc(Oc2nccc(-c3[nH]c(C4CCNCC4)nc3-c3ccc(F)cc3)n2)c1. The number of hydrogen-bond acceptors (Lipinski definition) is 6. The summed E-state index contributed by atoms with van der Waals surface area (Å²) in [5.74, 6) is 1.41. The molecule has 9 heteroatoms. The monoisotopic (exact) mass is 500 g/mol. The number of aromatic nitrogens is 4. The van der Waals surface area contributed by atoms with Crippen molar-refractivity contribution >= 4 is 12.1 Å². The number of carbonyl (C=O) groups excluding carboxylic acids is 1. The van der Waals surface area contributed by atoms with Crippen LogP contribution in [0.3, 0.4) is 0 Å². The summed E-state index contributed by atoms with van der Waals surface area (Å²) in [5.41, 5.74) is 3.57. The number of aromatic amines is 1. The number of benzene rings is 2. The van der Waals surface area contributed by atoms with Crippen molar-refractivity contribution in [2.45, 2.75) is 38.6 Å². The van der Waals surface area contributed by atoms with Gasteiger partial charge >= 0.3 is 6.01 Å². The van der Waals surface area contributed by atoms with Gasteiger partial charge in [-0.15, -0.1) is 0 Å². The number of hydrogen-bond donors (Lipinski definition) is 2. The van der Waals surface area contributed by atoms with Crippen LogP contribution >= 0.6 is 0 Å². The maximum atomic E-state index is 13.6. The zero-order chi connectivity index (χ0) is 25.8. The first-order chi connectivity index (χ1) is 18.0. The van der Waals surface area contributed by atoms with E-state index in [1.165, 1.54) is 12.1 Å². The Hall–Kier alpha value is -4.11. The molecule has 4 aromatic rings. The Morgan fingerprint density at radius 1 is 1.08 bits per heavy atom. The summed E-state index contributed by atoms with van der Waals surface area (Å²) >= 11 is 0. The van der Waals surface area contributed by atoms with Gasteiger partial charge in [-0.3, -0.25) is 4.79 Å². The molecule has 0 unspecified atom stereocenters. The third-order valence-corrected chi connectivity index (χ3v) is 6.45. The lowest BCUT2D eigenvalue weighted by atomic mass is 9.98. The first-order valence-corrected chi connectivity index (χ1v) is 12.4. The normalized spacial score (nSPS) is 14.1. The van der Waals surface area contributed by atoms with E-state index in [0.717, 1.165) is 55.1 Å². The van der Waals surface area contributed by atoms with Crippen LogP contribution in [0.15, 0.2) is 60.8 Å².